The summed E-state index contributed by atoms with van der Waals surface area (Å²) in [6, 6.07) is 3.83. The van der Waals surface area contributed by atoms with E-state index in [1.807, 2.05) is 6.92 Å². The fourth-order valence-corrected chi connectivity index (χ4v) is 5.64. The predicted molar refractivity (Wildman–Crippen MR) is 110 cm³/mol. The van der Waals surface area contributed by atoms with Gasteiger partial charge in [-0.25, -0.2) is 13.2 Å². The van der Waals surface area contributed by atoms with Crippen LogP contribution in [0, 0.1) is 0 Å². The summed E-state index contributed by atoms with van der Waals surface area (Å²) in [6.45, 7) is 3.87. The van der Waals surface area contributed by atoms with Crippen LogP contribution in [0.1, 0.15) is 44.2 Å². The predicted octanol–water partition coefficient (Wildman–Crippen LogP) is 3.26. The molecule has 0 aliphatic carbocycles. The van der Waals surface area contributed by atoms with Crippen molar-refractivity contribution in [1.82, 2.24) is 4.31 Å². The first-order chi connectivity index (χ1) is 13.8. The molecule has 1 fully saturated rings. The molecule has 1 saturated heterocycles. The molecule has 1 aliphatic rings. The van der Waals surface area contributed by atoms with E-state index < -0.39 is 27.7 Å². The van der Waals surface area contributed by atoms with Crippen molar-refractivity contribution in [1.29, 1.82) is 0 Å². The Hall–Kier alpha value is -1.90. The molecule has 2 heterocycles. The van der Waals surface area contributed by atoms with Gasteiger partial charge in [0.05, 0.1) is 5.75 Å². The summed E-state index contributed by atoms with van der Waals surface area (Å²) in [7, 11) is -3.49. The van der Waals surface area contributed by atoms with E-state index in [0.29, 0.717) is 53.8 Å². The van der Waals surface area contributed by atoms with E-state index in [0.717, 1.165) is 5.56 Å². The number of hydrogen-bond donors (Lipinski definition) is 0. The van der Waals surface area contributed by atoms with Gasteiger partial charge in [-0.3, -0.25) is 4.79 Å². The number of carbonyl (C=O) groups is 1. The molecule has 0 amide bonds. The normalized spacial score (nSPS) is 17.7. The van der Waals surface area contributed by atoms with Crippen molar-refractivity contribution in [2.24, 2.45) is 0 Å². The van der Waals surface area contributed by atoms with Crippen LogP contribution in [0.25, 0.3) is 11.0 Å². The highest BCUT2D eigenvalue weighted by Crippen LogP contribution is 2.27. The van der Waals surface area contributed by atoms with Crippen molar-refractivity contribution >= 4 is 38.6 Å². The minimum Gasteiger partial charge on any atom is -0.460 e. The lowest BCUT2D eigenvalue weighted by Gasteiger charge is -2.22. The number of hydrogen-bond acceptors (Lipinski definition) is 6. The lowest BCUT2D eigenvalue weighted by atomic mass is 10.1. The zero-order valence-corrected chi connectivity index (χ0v) is 18.0. The first-order valence-corrected chi connectivity index (χ1v) is 11.7. The fraction of sp³-hybridized carbons (Fsp3) is 0.500. The Balaban J connectivity index is 1.82. The zero-order valence-electron chi connectivity index (χ0n) is 16.4. The Morgan fingerprint density at radius 3 is 2.72 bits per heavy atom. The molecular formula is C20H24ClNO6S. The number of nitrogens with zero attached hydrogens (tertiary/aromatic N) is 1. The second-order valence-electron chi connectivity index (χ2n) is 7.08. The van der Waals surface area contributed by atoms with E-state index in [1.54, 1.807) is 19.1 Å². The molecule has 2 aromatic rings. The Bertz CT molecular complexity index is 1080. The molecule has 158 valence electrons. The van der Waals surface area contributed by atoms with Gasteiger partial charge in [-0.2, -0.15) is 4.31 Å². The number of benzene rings is 1. The van der Waals surface area contributed by atoms with Crippen molar-refractivity contribution in [3.63, 3.8) is 0 Å². The van der Waals surface area contributed by atoms with Gasteiger partial charge in [-0.05, 0) is 43.4 Å². The van der Waals surface area contributed by atoms with E-state index in [-0.39, 0.29) is 12.4 Å². The van der Waals surface area contributed by atoms with Crippen LogP contribution < -0.4 is 5.63 Å². The molecular weight excluding hydrogens is 418 g/mol. The topological polar surface area (TPSA) is 93.9 Å². The molecule has 0 saturated carbocycles. The lowest BCUT2D eigenvalue weighted by Crippen LogP contribution is -2.42. The van der Waals surface area contributed by atoms with Crippen molar-refractivity contribution < 1.29 is 22.4 Å². The summed E-state index contributed by atoms with van der Waals surface area (Å²) < 4.78 is 36.7. The second kappa shape index (κ2) is 8.85. The van der Waals surface area contributed by atoms with E-state index in [2.05, 4.69) is 0 Å². The summed E-state index contributed by atoms with van der Waals surface area (Å²) in [5, 5.41) is 1.12. The van der Waals surface area contributed by atoms with Gasteiger partial charge in [0.2, 0.25) is 10.0 Å². The highest BCUT2D eigenvalue weighted by atomic mass is 35.5. The van der Waals surface area contributed by atoms with Crippen LogP contribution in [0.4, 0.5) is 0 Å². The van der Waals surface area contributed by atoms with Crippen LogP contribution in [0.3, 0.4) is 0 Å². The monoisotopic (exact) mass is 441 g/mol. The molecule has 0 bridgehead atoms. The molecule has 9 heteroatoms. The van der Waals surface area contributed by atoms with E-state index >= 15 is 0 Å². The molecule has 0 spiro atoms. The molecule has 29 heavy (non-hydrogen) atoms. The van der Waals surface area contributed by atoms with Crippen LogP contribution in [-0.2, 0) is 32.6 Å². The van der Waals surface area contributed by atoms with Gasteiger partial charge in [-0.1, -0.05) is 25.4 Å². The molecule has 1 aromatic carbocycles. The molecule has 7 nitrogen and oxygen atoms in total. The van der Waals surface area contributed by atoms with E-state index in [4.69, 9.17) is 20.8 Å². The van der Waals surface area contributed by atoms with Crippen molar-refractivity contribution in [2.75, 3.05) is 12.3 Å². The largest absolute Gasteiger partial charge is 0.460 e. The van der Waals surface area contributed by atoms with Crippen molar-refractivity contribution in [3.8, 4) is 0 Å². The van der Waals surface area contributed by atoms with Gasteiger partial charge in [0.25, 0.3) is 0 Å². The maximum Gasteiger partial charge on any atom is 0.336 e. The molecule has 1 unspecified atom stereocenters. The smallest absolute Gasteiger partial charge is 0.336 e. The van der Waals surface area contributed by atoms with E-state index in [1.165, 1.54) is 10.4 Å². The van der Waals surface area contributed by atoms with Crippen LogP contribution in [-0.4, -0.2) is 37.0 Å². The van der Waals surface area contributed by atoms with Crippen LogP contribution in [0.15, 0.2) is 27.4 Å². The number of rotatable bonds is 7. The first kappa shape index (κ1) is 21.8. The van der Waals surface area contributed by atoms with E-state index in [9.17, 15) is 18.0 Å². The molecule has 3 rings (SSSR count). The van der Waals surface area contributed by atoms with Crippen LogP contribution in [0.5, 0.6) is 0 Å². The SMILES string of the molecule is CCCS(=O)(=O)N1CCCC1C(=O)OCc1cc(=O)oc2cc(CC)c(Cl)cc12. The van der Waals surface area contributed by atoms with Gasteiger partial charge in [0.1, 0.15) is 18.2 Å². The maximum atomic E-state index is 12.6. The van der Waals surface area contributed by atoms with Gasteiger partial charge in [-0.15, -0.1) is 0 Å². The highest BCUT2D eigenvalue weighted by Gasteiger charge is 2.39. The number of fused-ring (bicyclic) bond motifs is 1. The van der Waals surface area contributed by atoms with Gasteiger partial charge in [0, 0.05) is 28.6 Å². The Labute approximate surface area is 174 Å². The van der Waals surface area contributed by atoms with Crippen LogP contribution in [0.2, 0.25) is 5.02 Å². The molecule has 0 N–H and O–H groups in total. The molecule has 1 aliphatic heterocycles. The summed E-state index contributed by atoms with van der Waals surface area (Å²) in [5.41, 5.74) is 1.13. The average Bonchev–Trinajstić information content (AvgIpc) is 3.16. The third-order valence-electron chi connectivity index (χ3n) is 5.04. The highest BCUT2D eigenvalue weighted by molar-refractivity contribution is 7.89. The summed E-state index contributed by atoms with van der Waals surface area (Å²) in [6.07, 6.45) is 2.19. The lowest BCUT2D eigenvalue weighted by molar-refractivity contribution is -0.148. The second-order valence-corrected chi connectivity index (χ2v) is 9.52. The third kappa shape index (κ3) is 4.65. The standard InChI is InChI=1S/C20H24ClNO6S/c1-3-8-29(25,26)22-7-5-6-17(22)20(24)27-12-14-10-19(23)28-18-9-13(4-2)16(21)11-15(14)18/h9-11,17H,3-8,12H2,1-2H3. The molecule has 1 atom stereocenters. The number of sulfonamides is 1. The zero-order chi connectivity index (χ0) is 21.2. The van der Waals surface area contributed by atoms with Crippen molar-refractivity contribution in [2.45, 2.75) is 52.2 Å². The van der Waals surface area contributed by atoms with Gasteiger partial charge >= 0.3 is 11.6 Å². The Morgan fingerprint density at radius 1 is 1.28 bits per heavy atom. The Morgan fingerprint density at radius 2 is 2.03 bits per heavy atom. The summed E-state index contributed by atoms with van der Waals surface area (Å²) in [5.74, 6) is -0.612. The minimum atomic E-state index is -3.49. The number of esters is 1. The fourth-order valence-electron chi connectivity index (χ4n) is 3.61. The third-order valence-corrected chi connectivity index (χ3v) is 7.47. The number of ether oxygens (including phenoxy) is 1. The summed E-state index contributed by atoms with van der Waals surface area (Å²) >= 11 is 6.28. The quantitative estimate of drug-likeness (QED) is 0.483. The number of aryl methyl sites for hydroxylation is 1. The van der Waals surface area contributed by atoms with Gasteiger partial charge < -0.3 is 9.15 Å². The number of halogens is 1. The van der Waals surface area contributed by atoms with Gasteiger partial charge in [0.15, 0.2) is 0 Å². The van der Waals surface area contributed by atoms with Crippen molar-refractivity contribution in [3.05, 3.63) is 44.8 Å². The average molecular weight is 442 g/mol. The molecule has 0 radical (unpaired) electrons. The molecule has 1 aromatic heterocycles. The maximum absolute atomic E-state index is 12.6. The minimum absolute atomic E-state index is 0.000586. The first-order valence-electron chi connectivity index (χ1n) is 9.68. The number of carbonyl (C=O) groups excluding carboxylic acids is 1. The Kier molecular flexibility index (Phi) is 6.65. The van der Waals surface area contributed by atoms with Crippen LogP contribution >= 0.6 is 11.6 Å². The summed E-state index contributed by atoms with van der Waals surface area (Å²) in [4.78, 5) is 24.5.